The van der Waals surface area contributed by atoms with E-state index in [1.807, 2.05) is 0 Å². The SMILES string of the molecule is CC(C)C1CCC2(CC1)CN=C(N)N2CC1CC1. The van der Waals surface area contributed by atoms with Gasteiger partial charge in [0.1, 0.15) is 0 Å². The fourth-order valence-electron chi connectivity index (χ4n) is 3.76. The molecule has 2 fully saturated rings. The molecule has 3 rings (SSSR count). The van der Waals surface area contributed by atoms with E-state index < -0.39 is 0 Å². The summed E-state index contributed by atoms with van der Waals surface area (Å²) in [5.74, 6) is 3.47. The second-order valence-electron chi connectivity index (χ2n) is 7.03. The van der Waals surface area contributed by atoms with Crippen LogP contribution in [0.5, 0.6) is 0 Å². The Morgan fingerprint density at radius 3 is 2.50 bits per heavy atom. The van der Waals surface area contributed by atoms with Crippen molar-refractivity contribution < 1.29 is 0 Å². The monoisotopic (exact) mass is 249 g/mol. The lowest BCUT2D eigenvalue weighted by Crippen LogP contribution is -2.54. The Labute approximate surface area is 111 Å². The third-order valence-corrected chi connectivity index (χ3v) is 5.43. The van der Waals surface area contributed by atoms with E-state index >= 15 is 0 Å². The molecule has 0 radical (unpaired) electrons. The van der Waals surface area contributed by atoms with Gasteiger partial charge in [-0.2, -0.15) is 0 Å². The zero-order chi connectivity index (χ0) is 12.8. The highest BCUT2D eigenvalue weighted by molar-refractivity contribution is 5.81. The molecule has 0 unspecified atom stereocenters. The smallest absolute Gasteiger partial charge is 0.191 e. The third kappa shape index (κ3) is 2.12. The Bertz CT molecular complexity index is 336. The molecule has 3 heteroatoms. The second kappa shape index (κ2) is 4.43. The average molecular weight is 249 g/mol. The summed E-state index contributed by atoms with van der Waals surface area (Å²) < 4.78 is 0. The Balaban J connectivity index is 1.67. The van der Waals surface area contributed by atoms with Crippen molar-refractivity contribution >= 4 is 5.96 Å². The van der Waals surface area contributed by atoms with Crippen molar-refractivity contribution in [3.05, 3.63) is 0 Å². The van der Waals surface area contributed by atoms with E-state index in [0.29, 0.717) is 5.54 Å². The summed E-state index contributed by atoms with van der Waals surface area (Å²) in [5, 5.41) is 0. The van der Waals surface area contributed by atoms with E-state index in [9.17, 15) is 0 Å². The predicted octanol–water partition coefficient (Wildman–Crippen LogP) is 2.61. The topological polar surface area (TPSA) is 41.6 Å². The number of nitrogens with zero attached hydrogens (tertiary/aromatic N) is 2. The molecule has 3 nitrogen and oxygen atoms in total. The summed E-state index contributed by atoms with van der Waals surface area (Å²) in [5.41, 5.74) is 6.43. The number of hydrogen-bond acceptors (Lipinski definition) is 3. The summed E-state index contributed by atoms with van der Waals surface area (Å²) >= 11 is 0. The molecule has 2 aliphatic carbocycles. The van der Waals surface area contributed by atoms with E-state index in [1.165, 1.54) is 45.1 Å². The van der Waals surface area contributed by atoms with Crippen molar-refractivity contribution in [2.24, 2.45) is 28.5 Å². The zero-order valence-corrected chi connectivity index (χ0v) is 11.9. The maximum absolute atomic E-state index is 6.13. The van der Waals surface area contributed by atoms with E-state index in [4.69, 9.17) is 5.73 Å². The average Bonchev–Trinajstić information content (AvgIpc) is 3.12. The quantitative estimate of drug-likeness (QED) is 0.835. The number of guanidine groups is 1. The van der Waals surface area contributed by atoms with Gasteiger partial charge in [0.25, 0.3) is 0 Å². The van der Waals surface area contributed by atoms with E-state index in [1.54, 1.807) is 0 Å². The molecule has 1 spiro atoms. The maximum Gasteiger partial charge on any atom is 0.191 e. The Morgan fingerprint density at radius 1 is 1.28 bits per heavy atom. The predicted molar refractivity (Wildman–Crippen MR) is 75.4 cm³/mol. The maximum atomic E-state index is 6.13. The first-order valence-electron chi connectivity index (χ1n) is 7.68. The molecule has 0 aromatic carbocycles. The van der Waals surface area contributed by atoms with Gasteiger partial charge in [0.05, 0.1) is 12.1 Å². The van der Waals surface area contributed by atoms with Crippen LogP contribution in [-0.4, -0.2) is 29.5 Å². The number of aliphatic imine (C=N–C) groups is 1. The molecule has 1 heterocycles. The van der Waals surface area contributed by atoms with E-state index in [2.05, 4.69) is 23.7 Å². The molecule has 1 aliphatic heterocycles. The first-order chi connectivity index (χ1) is 8.61. The van der Waals surface area contributed by atoms with Crippen LogP contribution >= 0.6 is 0 Å². The minimum Gasteiger partial charge on any atom is -0.370 e. The van der Waals surface area contributed by atoms with Crippen molar-refractivity contribution in [1.29, 1.82) is 0 Å². The molecule has 0 bridgehead atoms. The van der Waals surface area contributed by atoms with Crippen molar-refractivity contribution in [2.75, 3.05) is 13.1 Å². The normalized spacial score (nSPS) is 36.5. The second-order valence-corrected chi connectivity index (χ2v) is 7.03. The molecular weight excluding hydrogens is 222 g/mol. The van der Waals surface area contributed by atoms with Gasteiger partial charge in [-0.25, -0.2) is 0 Å². The fourth-order valence-corrected chi connectivity index (χ4v) is 3.76. The van der Waals surface area contributed by atoms with Crippen LogP contribution in [0.1, 0.15) is 52.4 Å². The molecule has 2 N–H and O–H groups in total. The van der Waals surface area contributed by atoms with Gasteiger partial charge in [-0.3, -0.25) is 4.99 Å². The molecule has 18 heavy (non-hydrogen) atoms. The molecule has 0 amide bonds. The van der Waals surface area contributed by atoms with Crippen LogP contribution < -0.4 is 5.73 Å². The van der Waals surface area contributed by atoms with E-state index in [0.717, 1.165) is 30.3 Å². The van der Waals surface area contributed by atoms with Crippen LogP contribution in [0.15, 0.2) is 4.99 Å². The zero-order valence-electron chi connectivity index (χ0n) is 11.9. The van der Waals surface area contributed by atoms with Gasteiger partial charge in [-0.05, 0) is 56.3 Å². The molecule has 0 atom stereocenters. The molecular formula is C15H27N3. The Morgan fingerprint density at radius 2 is 1.94 bits per heavy atom. The van der Waals surface area contributed by atoms with E-state index in [-0.39, 0.29) is 0 Å². The molecule has 3 aliphatic rings. The lowest BCUT2D eigenvalue weighted by Gasteiger charge is -2.45. The number of hydrogen-bond donors (Lipinski definition) is 1. The minimum atomic E-state index is 0.304. The molecule has 0 aromatic heterocycles. The first-order valence-corrected chi connectivity index (χ1v) is 7.68. The number of rotatable bonds is 3. The first kappa shape index (κ1) is 12.3. The van der Waals surface area contributed by atoms with Gasteiger partial charge in [-0.1, -0.05) is 13.8 Å². The molecule has 2 saturated carbocycles. The molecule has 0 aromatic rings. The van der Waals surface area contributed by atoms with Gasteiger partial charge in [0.2, 0.25) is 0 Å². The van der Waals surface area contributed by atoms with Crippen LogP contribution in [0, 0.1) is 17.8 Å². The van der Waals surface area contributed by atoms with Gasteiger partial charge in [-0.15, -0.1) is 0 Å². The number of nitrogens with two attached hydrogens (primary N) is 1. The fraction of sp³-hybridized carbons (Fsp3) is 0.933. The van der Waals surface area contributed by atoms with Crippen LogP contribution in [0.2, 0.25) is 0 Å². The van der Waals surface area contributed by atoms with Gasteiger partial charge in [0, 0.05) is 6.54 Å². The van der Waals surface area contributed by atoms with Crippen molar-refractivity contribution in [3.63, 3.8) is 0 Å². The summed E-state index contributed by atoms with van der Waals surface area (Å²) in [6, 6.07) is 0. The Kier molecular flexibility index (Phi) is 3.03. The standard InChI is InChI=1S/C15H27N3/c1-11(2)13-5-7-15(8-6-13)10-17-14(16)18(15)9-12-3-4-12/h11-13H,3-10H2,1-2H3,(H2,16,17). The highest BCUT2D eigenvalue weighted by Gasteiger charge is 2.46. The van der Waals surface area contributed by atoms with Crippen LogP contribution in [-0.2, 0) is 0 Å². The molecule has 102 valence electrons. The minimum absolute atomic E-state index is 0.304. The van der Waals surface area contributed by atoms with Crippen LogP contribution in [0.25, 0.3) is 0 Å². The van der Waals surface area contributed by atoms with Gasteiger partial charge >= 0.3 is 0 Å². The summed E-state index contributed by atoms with van der Waals surface area (Å²) in [7, 11) is 0. The highest BCUT2D eigenvalue weighted by Crippen LogP contribution is 2.43. The van der Waals surface area contributed by atoms with Crippen molar-refractivity contribution in [2.45, 2.75) is 57.9 Å². The third-order valence-electron chi connectivity index (χ3n) is 5.43. The Hall–Kier alpha value is -0.730. The van der Waals surface area contributed by atoms with Crippen LogP contribution in [0.3, 0.4) is 0 Å². The van der Waals surface area contributed by atoms with Crippen molar-refractivity contribution in [1.82, 2.24) is 4.90 Å². The van der Waals surface area contributed by atoms with Crippen LogP contribution in [0.4, 0.5) is 0 Å². The van der Waals surface area contributed by atoms with Gasteiger partial charge in [0.15, 0.2) is 5.96 Å². The lowest BCUT2D eigenvalue weighted by molar-refractivity contribution is 0.0983. The summed E-state index contributed by atoms with van der Waals surface area (Å²) in [4.78, 5) is 7.04. The lowest BCUT2D eigenvalue weighted by atomic mass is 9.72. The molecule has 0 saturated heterocycles. The summed E-state index contributed by atoms with van der Waals surface area (Å²) in [6.45, 7) is 6.85. The van der Waals surface area contributed by atoms with Gasteiger partial charge < -0.3 is 10.6 Å². The summed E-state index contributed by atoms with van der Waals surface area (Å²) in [6.07, 6.45) is 8.12. The highest BCUT2D eigenvalue weighted by atomic mass is 15.4. The van der Waals surface area contributed by atoms with Crippen molar-refractivity contribution in [3.8, 4) is 0 Å². The largest absolute Gasteiger partial charge is 0.370 e.